The Bertz CT molecular complexity index is 613. The summed E-state index contributed by atoms with van der Waals surface area (Å²) in [6, 6.07) is 8.51. The lowest BCUT2D eigenvalue weighted by Gasteiger charge is -2.16. The normalized spacial score (nSPS) is 16.2. The van der Waals surface area contributed by atoms with Gasteiger partial charge in [0.25, 0.3) is 0 Å². The van der Waals surface area contributed by atoms with Crippen LogP contribution in [0.2, 0.25) is 0 Å². The highest BCUT2D eigenvalue weighted by Gasteiger charge is 2.20. The van der Waals surface area contributed by atoms with Gasteiger partial charge in [0.2, 0.25) is 0 Å². The van der Waals surface area contributed by atoms with Gasteiger partial charge in [-0.25, -0.2) is 0 Å². The second-order valence-electron chi connectivity index (χ2n) is 6.12. The number of nitrogens with zero attached hydrogens (tertiary/aromatic N) is 1. The molecule has 3 N–H and O–H groups in total. The predicted molar refractivity (Wildman–Crippen MR) is 84.9 cm³/mol. The Kier molecular flexibility index (Phi) is 3.62. The Morgan fingerprint density at radius 2 is 2.00 bits per heavy atom. The first kappa shape index (κ1) is 13.4. The van der Waals surface area contributed by atoms with Crippen LogP contribution in [0, 0.1) is 0 Å². The molecular formula is C17H23N3. The second kappa shape index (κ2) is 5.41. The maximum atomic E-state index is 5.73. The molecule has 1 saturated carbocycles. The first-order valence-electron chi connectivity index (χ1n) is 7.61. The van der Waals surface area contributed by atoms with Gasteiger partial charge in [-0.1, -0.05) is 44.9 Å². The van der Waals surface area contributed by atoms with Gasteiger partial charge in [-0.05, 0) is 30.4 Å². The molecule has 3 nitrogen and oxygen atoms in total. The lowest BCUT2D eigenvalue weighted by Crippen LogP contribution is -2.10. The molecule has 1 aliphatic rings. The molecule has 1 aromatic carbocycles. The Hall–Kier alpha value is -1.61. The molecule has 20 heavy (non-hydrogen) atoms. The third kappa shape index (κ3) is 2.27. The molecule has 0 spiro atoms. The van der Waals surface area contributed by atoms with Crippen LogP contribution in [-0.2, 0) is 0 Å². The van der Waals surface area contributed by atoms with Crippen molar-refractivity contribution in [2.75, 3.05) is 5.43 Å². The van der Waals surface area contributed by atoms with E-state index in [0.29, 0.717) is 11.8 Å². The highest BCUT2D eigenvalue weighted by atomic mass is 15.2. The molecule has 3 heteroatoms. The van der Waals surface area contributed by atoms with Gasteiger partial charge in [0.1, 0.15) is 0 Å². The van der Waals surface area contributed by atoms with Crippen LogP contribution in [0.15, 0.2) is 24.3 Å². The fourth-order valence-electron chi connectivity index (χ4n) is 3.31. The van der Waals surface area contributed by atoms with E-state index < -0.39 is 0 Å². The molecule has 0 aliphatic heterocycles. The summed E-state index contributed by atoms with van der Waals surface area (Å²) in [7, 11) is 0. The van der Waals surface area contributed by atoms with E-state index in [9.17, 15) is 0 Å². The highest BCUT2D eigenvalue weighted by Crippen LogP contribution is 2.37. The van der Waals surface area contributed by atoms with E-state index in [0.717, 1.165) is 16.6 Å². The fraction of sp³-hybridized carbons (Fsp3) is 0.471. The Labute approximate surface area is 120 Å². The molecule has 1 fully saturated rings. The number of rotatable bonds is 3. The number of nitrogens with one attached hydrogen (secondary N) is 1. The monoisotopic (exact) mass is 269 g/mol. The standard InChI is InChI=1S/C17H23N3/c1-11(2)13-8-5-9-14-16(20-18)10-15(19-17(13)14)12-6-3-4-7-12/h5,8-12H,3-4,6-7,18H2,1-2H3,(H,19,20). The van der Waals surface area contributed by atoms with E-state index in [1.165, 1.54) is 36.9 Å². The number of hydrogen-bond acceptors (Lipinski definition) is 3. The van der Waals surface area contributed by atoms with Crippen molar-refractivity contribution in [1.29, 1.82) is 0 Å². The smallest absolute Gasteiger partial charge is 0.0761 e. The molecule has 0 bridgehead atoms. The number of benzene rings is 1. The van der Waals surface area contributed by atoms with Gasteiger partial charge in [0.15, 0.2) is 0 Å². The van der Waals surface area contributed by atoms with Crippen molar-refractivity contribution in [3.05, 3.63) is 35.5 Å². The second-order valence-corrected chi connectivity index (χ2v) is 6.12. The summed E-state index contributed by atoms with van der Waals surface area (Å²) in [5, 5.41) is 1.13. The number of aromatic nitrogens is 1. The summed E-state index contributed by atoms with van der Waals surface area (Å²) >= 11 is 0. The minimum atomic E-state index is 0.468. The zero-order chi connectivity index (χ0) is 14.1. The van der Waals surface area contributed by atoms with Gasteiger partial charge in [-0.2, -0.15) is 0 Å². The van der Waals surface area contributed by atoms with Gasteiger partial charge in [0, 0.05) is 17.0 Å². The maximum Gasteiger partial charge on any atom is 0.0761 e. The highest BCUT2D eigenvalue weighted by molar-refractivity contribution is 5.93. The third-order valence-electron chi connectivity index (χ3n) is 4.44. The quantitative estimate of drug-likeness (QED) is 0.645. The van der Waals surface area contributed by atoms with Crippen LogP contribution in [0.4, 0.5) is 5.69 Å². The van der Waals surface area contributed by atoms with Gasteiger partial charge in [-0.15, -0.1) is 0 Å². The molecule has 106 valence electrons. The first-order chi connectivity index (χ1) is 9.70. The number of nitrogens with two attached hydrogens (primary N) is 1. The molecular weight excluding hydrogens is 246 g/mol. The van der Waals surface area contributed by atoms with Gasteiger partial charge in [-0.3, -0.25) is 10.8 Å². The average Bonchev–Trinajstić information content (AvgIpc) is 2.99. The zero-order valence-corrected chi connectivity index (χ0v) is 12.3. The molecule has 2 aromatic rings. The van der Waals surface area contributed by atoms with Gasteiger partial charge < -0.3 is 5.43 Å². The van der Waals surface area contributed by atoms with Crippen LogP contribution in [-0.4, -0.2) is 4.98 Å². The Balaban J connectivity index is 2.21. The maximum absolute atomic E-state index is 5.73. The van der Waals surface area contributed by atoms with Crippen molar-refractivity contribution < 1.29 is 0 Å². The van der Waals surface area contributed by atoms with Gasteiger partial charge >= 0.3 is 0 Å². The molecule has 0 saturated heterocycles. The fourth-order valence-corrected chi connectivity index (χ4v) is 3.31. The van der Waals surface area contributed by atoms with E-state index in [-0.39, 0.29) is 0 Å². The average molecular weight is 269 g/mol. The number of fused-ring (bicyclic) bond motifs is 1. The van der Waals surface area contributed by atoms with Crippen LogP contribution in [0.3, 0.4) is 0 Å². The van der Waals surface area contributed by atoms with Crippen LogP contribution < -0.4 is 11.3 Å². The number of nitrogen functional groups attached to an aromatic ring is 1. The van der Waals surface area contributed by atoms with E-state index in [1.54, 1.807) is 0 Å². The predicted octanol–water partition coefficient (Wildman–Crippen LogP) is 4.30. The zero-order valence-electron chi connectivity index (χ0n) is 12.3. The molecule has 0 amide bonds. The largest absolute Gasteiger partial charge is 0.323 e. The molecule has 3 rings (SSSR count). The van der Waals surface area contributed by atoms with Crippen molar-refractivity contribution in [2.45, 2.75) is 51.4 Å². The summed E-state index contributed by atoms with van der Waals surface area (Å²) in [5.74, 6) is 6.80. The van der Waals surface area contributed by atoms with Crippen molar-refractivity contribution >= 4 is 16.6 Å². The minimum Gasteiger partial charge on any atom is -0.323 e. The van der Waals surface area contributed by atoms with Crippen LogP contribution in [0.5, 0.6) is 0 Å². The van der Waals surface area contributed by atoms with Gasteiger partial charge in [0.05, 0.1) is 11.2 Å². The van der Waals surface area contributed by atoms with E-state index in [1.807, 2.05) is 0 Å². The van der Waals surface area contributed by atoms with E-state index >= 15 is 0 Å². The number of hydrazine groups is 1. The molecule has 1 heterocycles. The van der Waals surface area contributed by atoms with E-state index in [2.05, 4.69) is 43.5 Å². The van der Waals surface area contributed by atoms with Crippen LogP contribution in [0.25, 0.3) is 10.9 Å². The number of hydrogen-bond donors (Lipinski definition) is 2. The van der Waals surface area contributed by atoms with Crippen LogP contribution >= 0.6 is 0 Å². The number of para-hydroxylation sites is 1. The van der Waals surface area contributed by atoms with Crippen molar-refractivity contribution in [3.63, 3.8) is 0 Å². The first-order valence-corrected chi connectivity index (χ1v) is 7.61. The third-order valence-corrected chi connectivity index (χ3v) is 4.44. The number of anilines is 1. The summed E-state index contributed by atoms with van der Waals surface area (Å²) in [6.07, 6.45) is 5.15. The SMILES string of the molecule is CC(C)c1cccc2c(NN)cc(C3CCCC3)nc12. The number of pyridine rings is 1. The Morgan fingerprint density at radius 1 is 1.25 bits per heavy atom. The lowest BCUT2D eigenvalue weighted by atomic mass is 9.96. The lowest BCUT2D eigenvalue weighted by molar-refractivity contribution is 0.700. The molecule has 0 atom stereocenters. The van der Waals surface area contributed by atoms with Crippen molar-refractivity contribution in [3.8, 4) is 0 Å². The topological polar surface area (TPSA) is 50.9 Å². The molecule has 1 aromatic heterocycles. The summed E-state index contributed by atoms with van der Waals surface area (Å²) < 4.78 is 0. The Morgan fingerprint density at radius 3 is 2.65 bits per heavy atom. The summed E-state index contributed by atoms with van der Waals surface area (Å²) in [6.45, 7) is 4.43. The molecule has 0 radical (unpaired) electrons. The summed E-state index contributed by atoms with van der Waals surface area (Å²) in [5.41, 5.74) is 7.48. The van der Waals surface area contributed by atoms with Crippen molar-refractivity contribution in [2.24, 2.45) is 5.84 Å². The van der Waals surface area contributed by atoms with Crippen molar-refractivity contribution in [1.82, 2.24) is 4.98 Å². The van der Waals surface area contributed by atoms with E-state index in [4.69, 9.17) is 10.8 Å². The molecule has 1 aliphatic carbocycles. The molecule has 0 unspecified atom stereocenters. The minimum absolute atomic E-state index is 0.468. The van der Waals surface area contributed by atoms with Crippen LogP contribution in [0.1, 0.15) is 62.6 Å². The summed E-state index contributed by atoms with van der Waals surface area (Å²) in [4.78, 5) is 4.99.